The van der Waals surface area contributed by atoms with Crippen LogP contribution in [0.25, 0.3) is 0 Å². The molecule has 3 N–H and O–H groups in total. The number of phenols is 3. The summed E-state index contributed by atoms with van der Waals surface area (Å²) in [6.45, 7) is 1.85. The highest BCUT2D eigenvalue weighted by Crippen LogP contribution is 2.59. The largest absolute Gasteiger partial charge is 0.505 e. The number of benzene rings is 4. The zero-order chi connectivity index (χ0) is 33.8. The summed E-state index contributed by atoms with van der Waals surface area (Å²) in [7, 11) is 4.29. The van der Waals surface area contributed by atoms with E-state index < -0.39 is 5.82 Å². The summed E-state index contributed by atoms with van der Waals surface area (Å²) >= 11 is 10.3. The topological polar surface area (TPSA) is 67.2 Å². The van der Waals surface area contributed by atoms with Crippen molar-refractivity contribution >= 4 is 44.5 Å². The Balaban J connectivity index is 0.000000167. The second-order valence-corrected chi connectivity index (χ2v) is 15.5. The standard InChI is InChI=1S/C20H22BrNO2.C20H21ClFNO.BrH/c1-22-10-7-13-11-17(23)18(24)12-14(13)19(22)20(8-4-9-20)15-5-2-3-6-16(15)21;1-23-10-7-13-11-17(22)18(24)12-14(13)19(23)20(8-4-9-20)15-5-2-3-6-16(15)21;/h2-3,5-6,11-12,19,23-24H,4,7-10H2,1H3;2-3,5-6,11-12,19,24H,4,7-10H2,1H3;1H. The second kappa shape index (κ2) is 14.2. The zero-order valence-electron chi connectivity index (χ0n) is 27.9. The van der Waals surface area contributed by atoms with E-state index in [9.17, 15) is 19.7 Å². The Kier molecular flexibility index (Phi) is 10.5. The van der Waals surface area contributed by atoms with Gasteiger partial charge in [-0.15, -0.1) is 17.0 Å². The molecule has 0 amide bonds. The van der Waals surface area contributed by atoms with E-state index in [1.54, 1.807) is 18.2 Å². The van der Waals surface area contributed by atoms with Crippen LogP contribution in [0.5, 0.6) is 17.2 Å². The van der Waals surface area contributed by atoms with Gasteiger partial charge in [-0.3, -0.25) is 9.80 Å². The smallest absolute Gasteiger partial charge is 0.165 e. The number of rotatable bonds is 4. The molecule has 0 saturated heterocycles. The minimum Gasteiger partial charge on any atom is -0.505 e. The van der Waals surface area contributed by atoms with E-state index in [1.807, 2.05) is 18.2 Å². The van der Waals surface area contributed by atoms with Crippen LogP contribution in [0.2, 0.25) is 5.02 Å². The van der Waals surface area contributed by atoms with Gasteiger partial charge in [-0.1, -0.05) is 76.8 Å². The third-order valence-electron chi connectivity index (χ3n) is 11.7. The summed E-state index contributed by atoms with van der Waals surface area (Å²) in [6, 6.07) is 23.6. The average molecular weight is 815 g/mol. The normalized spacial score (nSPS) is 22.2. The molecule has 2 aliphatic heterocycles. The molecule has 4 aliphatic rings. The van der Waals surface area contributed by atoms with Gasteiger partial charge in [-0.2, -0.15) is 0 Å². The Morgan fingerprint density at radius 3 is 1.69 bits per heavy atom. The SMILES string of the molecule is Br.CN1CCc2cc(F)c(O)cc2C1C1(c2ccccc2Cl)CCC1.CN1CCc2cc(O)c(O)cc2C1C1(c2ccccc2Br)CCC1. The third-order valence-corrected chi connectivity index (χ3v) is 12.8. The van der Waals surface area contributed by atoms with Crippen LogP contribution < -0.4 is 0 Å². The Morgan fingerprint density at radius 1 is 0.694 bits per heavy atom. The van der Waals surface area contributed by atoms with Crippen molar-refractivity contribution in [3.8, 4) is 17.2 Å². The highest BCUT2D eigenvalue weighted by molar-refractivity contribution is 9.10. The first kappa shape index (κ1) is 36.2. The van der Waals surface area contributed by atoms with Gasteiger partial charge in [0.15, 0.2) is 23.1 Å². The maximum Gasteiger partial charge on any atom is 0.165 e. The Morgan fingerprint density at radius 2 is 1.16 bits per heavy atom. The van der Waals surface area contributed by atoms with Crippen LogP contribution in [-0.2, 0) is 23.7 Å². The van der Waals surface area contributed by atoms with E-state index in [1.165, 1.54) is 23.6 Å². The fraction of sp³-hybridized carbons (Fsp3) is 0.400. The number of aromatic hydroxyl groups is 3. The van der Waals surface area contributed by atoms with Gasteiger partial charge in [0.05, 0.1) is 0 Å². The molecule has 0 radical (unpaired) electrons. The van der Waals surface area contributed by atoms with Crippen molar-refractivity contribution < 1.29 is 19.7 Å². The predicted molar refractivity (Wildman–Crippen MR) is 203 cm³/mol. The van der Waals surface area contributed by atoms with E-state index in [4.69, 9.17) is 11.6 Å². The fourth-order valence-electron chi connectivity index (χ4n) is 9.19. The van der Waals surface area contributed by atoms with Gasteiger partial charge in [-0.05, 0) is 122 Å². The molecule has 2 heterocycles. The molecule has 8 rings (SSSR count). The number of likely N-dealkylation sites (N-methyl/N-ethyl adjacent to an activating group) is 2. The number of hydrogen-bond acceptors (Lipinski definition) is 5. The molecule has 0 bridgehead atoms. The molecular formula is C40H44Br2ClFN2O3. The van der Waals surface area contributed by atoms with Gasteiger partial charge in [0.2, 0.25) is 0 Å². The number of fused-ring (bicyclic) bond motifs is 2. The highest BCUT2D eigenvalue weighted by Gasteiger charge is 2.51. The molecule has 0 spiro atoms. The second-order valence-electron chi connectivity index (χ2n) is 14.3. The van der Waals surface area contributed by atoms with Gasteiger partial charge in [0.1, 0.15) is 0 Å². The summed E-state index contributed by atoms with van der Waals surface area (Å²) < 4.78 is 15.0. The molecule has 2 aliphatic carbocycles. The summed E-state index contributed by atoms with van der Waals surface area (Å²) in [5.41, 5.74) is 6.90. The van der Waals surface area contributed by atoms with E-state index in [2.05, 4.69) is 70.2 Å². The molecular weight excluding hydrogens is 771 g/mol. The van der Waals surface area contributed by atoms with Crippen LogP contribution in [0.1, 0.15) is 84.0 Å². The Labute approximate surface area is 312 Å². The van der Waals surface area contributed by atoms with Crippen LogP contribution in [0, 0.1) is 5.82 Å². The third kappa shape index (κ3) is 6.20. The van der Waals surface area contributed by atoms with Crippen molar-refractivity contribution in [2.24, 2.45) is 0 Å². The van der Waals surface area contributed by atoms with E-state index in [0.29, 0.717) is 0 Å². The van der Waals surface area contributed by atoms with Crippen LogP contribution in [0.3, 0.4) is 0 Å². The monoisotopic (exact) mass is 812 g/mol. The quantitative estimate of drug-likeness (QED) is 0.179. The first-order valence-corrected chi connectivity index (χ1v) is 18.2. The maximum absolute atomic E-state index is 13.8. The molecule has 49 heavy (non-hydrogen) atoms. The first-order chi connectivity index (χ1) is 23.1. The molecule has 4 aromatic rings. The molecule has 0 aromatic heterocycles. The summed E-state index contributed by atoms with van der Waals surface area (Å²) in [6.07, 6.45) is 8.51. The lowest BCUT2D eigenvalue weighted by atomic mass is 9.57. The van der Waals surface area contributed by atoms with Gasteiger partial charge in [0.25, 0.3) is 0 Å². The van der Waals surface area contributed by atoms with E-state index in [0.717, 1.165) is 89.8 Å². The minimum absolute atomic E-state index is 0. The van der Waals surface area contributed by atoms with Gasteiger partial charge < -0.3 is 15.3 Å². The number of halogens is 4. The molecule has 5 nitrogen and oxygen atoms in total. The van der Waals surface area contributed by atoms with Crippen molar-refractivity contribution in [1.82, 2.24) is 9.80 Å². The maximum atomic E-state index is 13.8. The predicted octanol–water partition coefficient (Wildman–Crippen LogP) is 9.92. The van der Waals surface area contributed by atoms with Crippen molar-refractivity contribution in [3.05, 3.63) is 121 Å². The van der Waals surface area contributed by atoms with Crippen molar-refractivity contribution in [2.45, 2.75) is 74.3 Å². The molecule has 2 atom stereocenters. The van der Waals surface area contributed by atoms with Crippen LogP contribution in [0.4, 0.5) is 4.39 Å². The van der Waals surface area contributed by atoms with E-state index in [-0.39, 0.29) is 57.1 Å². The average Bonchev–Trinajstić information content (AvgIpc) is 3.02. The minimum atomic E-state index is -0.530. The molecule has 2 fully saturated rings. The lowest BCUT2D eigenvalue weighted by molar-refractivity contribution is 0.0709. The van der Waals surface area contributed by atoms with Crippen LogP contribution >= 0.6 is 44.5 Å². The molecule has 260 valence electrons. The number of nitrogens with zero attached hydrogens (tertiary/aromatic N) is 2. The van der Waals surface area contributed by atoms with Crippen LogP contribution in [0.15, 0.2) is 77.3 Å². The van der Waals surface area contributed by atoms with Gasteiger partial charge >= 0.3 is 0 Å². The molecule has 2 saturated carbocycles. The van der Waals surface area contributed by atoms with E-state index >= 15 is 0 Å². The lowest BCUT2D eigenvalue weighted by Crippen LogP contribution is -2.50. The molecule has 9 heteroatoms. The summed E-state index contributed by atoms with van der Waals surface area (Å²) in [4.78, 5) is 4.75. The Hall–Kier alpha value is -2.62. The van der Waals surface area contributed by atoms with Crippen molar-refractivity contribution in [2.75, 3.05) is 27.2 Å². The van der Waals surface area contributed by atoms with Crippen molar-refractivity contribution in [1.29, 1.82) is 0 Å². The van der Waals surface area contributed by atoms with Crippen LogP contribution in [-0.4, -0.2) is 52.3 Å². The first-order valence-electron chi connectivity index (χ1n) is 17.0. The van der Waals surface area contributed by atoms with Gasteiger partial charge in [-0.25, -0.2) is 4.39 Å². The lowest BCUT2D eigenvalue weighted by Gasteiger charge is -2.54. The highest BCUT2D eigenvalue weighted by atomic mass is 79.9. The molecule has 4 aromatic carbocycles. The summed E-state index contributed by atoms with van der Waals surface area (Å²) in [5, 5.41) is 30.7. The molecule has 2 unspecified atom stereocenters. The van der Waals surface area contributed by atoms with Crippen molar-refractivity contribution in [3.63, 3.8) is 0 Å². The Bertz CT molecular complexity index is 1710. The fourth-order valence-corrected chi connectivity index (χ4v) is 10.2. The zero-order valence-corrected chi connectivity index (χ0v) is 32.0. The summed E-state index contributed by atoms with van der Waals surface area (Å²) in [5.74, 6) is -0.823. The number of hydrogen-bond donors (Lipinski definition) is 3. The number of phenolic OH excluding ortho intramolecular Hbond substituents is 3. The van der Waals surface area contributed by atoms with Gasteiger partial charge in [0, 0.05) is 45.5 Å².